The van der Waals surface area contributed by atoms with Crippen LogP contribution in [0.2, 0.25) is 0 Å². The van der Waals surface area contributed by atoms with Crippen LogP contribution in [-0.2, 0) is 19.6 Å². The average molecular weight is 398 g/mol. The molecule has 1 saturated heterocycles. The molecule has 1 amide bonds. The van der Waals surface area contributed by atoms with Crippen molar-refractivity contribution in [3.8, 4) is 0 Å². The molecule has 1 N–H and O–H groups in total. The number of aliphatic hydroxyl groups is 1. The van der Waals surface area contributed by atoms with Gasteiger partial charge in [0.2, 0.25) is 10.0 Å². The minimum Gasteiger partial charge on any atom is -0.467 e. The van der Waals surface area contributed by atoms with E-state index in [9.17, 15) is 23.1 Å². The van der Waals surface area contributed by atoms with Gasteiger partial charge < -0.3 is 14.7 Å². The molecule has 1 heterocycles. The van der Waals surface area contributed by atoms with Crippen LogP contribution in [0, 0.1) is 0 Å². The molecule has 0 bridgehead atoms. The molecule has 8 nitrogen and oxygen atoms in total. The average Bonchev–Trinajstić information content (AvgIpc) is 2.68. The van der Waals surface area contributed by atoms with Gasteiger partial charge in [0.25, 0.3) is 5.91 Å². The largest absolute Gasteiger partial charge is 0.467 e. The van der Waals surface area contributed by atoms with Crippen LogP contribution in [0.1, 0.15) is 37.0 Å². The summed E-state index contributed by atoms with van der Waals surface area (Å²) in [6.07, 6.45) is 0.145. The van der Waals surface area contributed by atoms with E-state index in [2.05, 4.69) is 4.74 Å². The van der Waals surface area contributed by atoms with Crippen LogP contribution in [0.15, 0.2) is 29.2 Å². The molecular weight excluding hydrogens is 372 g/mol. The Morgan fingerprint density at radius 1 is 1.22 bits per heavy atom. The van der Waals surface area contributed by atoms with Crippen molar-refractivity contribution in [1.82, 2.24) is 9.21 Å². The molecule has 0 atom stereocenters. The number of piperidine rings is 1. The zero-order chi connectivity index (χ0) is 20.2. The lowest BCUT2D eigenvalue weighted by atomic mass is 9.91. The van der Waals surface area contributed by atoms with E-state index < -0.39 is 21.6 Å². The second-order valence-corrected chi connectivity index (χ2v) is 8.37. The Bertz CT molecular complexity index is 796. The molecule has 2 rings (SSSR count). The van der Waals surface area contributed by atoms with Gasteiger partial charge in [-0.1, -0.05) is 19.9 Å². The molecule has 150 valence electrons. The van der Waals surface area contributed by atoms with E-state index in [4.69, 9.17) is 0 Å². The number of carbonyl (C=O) groups excluding carboxylic acids is 2. The highest BCUT2D eigenvalue weighted by Gasteiger charge is 2.41. The lowest BCUT2D eigenvalue weighted by Crippen LogP contribution is -2.51. The molecule has 0 spiro atoms. The van der Waals surface area contributed by atoms with Crippen molar-refractivity contribution < 1.29 is 27.9 Å². The lowest BCUT2D eigenvalue weighted by Gasteiger charge is -2.36. The van der Waals surface area contributed by atoms with Crippen LogP contribution < -0.4 is 0 Å². The van der Waals surface area contributed by atoms with E-state index in [0.717, 1.165) is 0 Å². The van der Waals surface area contributed by atoms with Gasteiger partial charge >= 0.3 is 5.97 Å². The smallest absolute Gasteiger partial charge is 0.337 e. The van der Waals surface area contributed by atoms with Gasteiger partial charge in [-0.15, -0.1) is 0 Å². The van der Waals surface area contributed by atoms with Crippen molar-refractivity contribution >= 4 is 21.9 Å². The molecular formula is C18H26N2O6S. The van der Waals surface area contributed by atoms with Gasteiger partial charge in [0.1, 0.15) is 0 Å². The van der Waals surface area contributed by atoms with Crippen molar-refractivity contribution in [3.63, 3.8) is 0 Å². The molecule has 0 saturated carbocycles. The molecule has 1 aromatic rings. The van der Waals surface area contributed by atoms with Crippen LogP contribution in [0.3, 0.4) is 0 Å². The first-order valence-electron chi connectivity index (χ1n) is 8.90. The minimum absolute atomic E-state index is 0.0696. The number of nitrogens with zero attached hydrogens (tertiary/aromatic N) is 2. The summed E-state index contributed by atoms with van der Waals surface area (Å²) in [5.74, 6) is -1.04. The number of carbonyl (C=O) groups is 2. The Morgan fingerprint density at radius 3 is 2.33 bits per heavy atom. The SMILES string of the molecule is CCN(CC)S(=O)(=O)c1cccc(C(=O)N2CCC(O)(C(=O)OC)CC2)c1. The normalized spacial score (nSPS) is 17.0. The first-order chi connectivity index (χ1) is 12.7. The zero-order valence-electron chi connectivity index (χ0n) is 15.8. The summed E-state index contributed by atoms with van der Waals surface area (Å²) >= 11 is 0. The number of benzene rings is 1. The van der Waals surface area contributed by atoms with Crippen molar-refractivity contribution in [1.29, 1.82) is 0 Å². The summed E-state index contributed by atoms with van der Waals surface area (Å²) in [6.45, 7) is 4.55. The molecule has 1 aliphatic heterocycles. The van der Waals surface area contributed by atoms with Gasteiger partial charge in [0.15, 0.2) is 5.60 Å². The Balaban J connectivity index is 2.18. The molecule has 1 fully saturated rings. The predicted molar refractivity (Wildman–Crippen MR) is 98.7 cm³/mol. The fourth-order valence-corrected chi connectivity index (χ4v) is 4.66. The Hall–Kier alpha value is -1.97. The number of ether oxygens (including phenoxy) is 1. The lowest BCUT2D eigenvalue weighted by molar-refractivity contribution is -0.166. The summed E-state index contributed by atoms with van der Waals surface area (Å²) in [5.41, 5.74) is -1.33. The van der Waals surface area contributed by atoms with Crippen LogP contribution >= 0.6 is 0 Å². The van der Waals surface area contributed by atoms with Crippen molar-refractivity contribution in [2.75, 3.05) is 33.3 Å². The van der Waals surface area contributed by atoms with Gasteiger partial charge in [-0.05, 0) is 18.2 Å². The van der Waals surface area contributed by atoms with E-state index in [0.29, 0.717) is 13.1 Å². The monoisotopic (exact) mass is 398 g/mol. The van der Waals surface area contributed by atoms with E-state index in [1.54, 1.807) is 26.0 Å². The highest BCUT2D eigenvalue weighted by molar-refractivity contribution is 7.89. The van der Waals surface area contributed by atoms with E-state index in [1.807, 2.05) is 0 Å². The third-order valence-corrected chi connectivity index (χ3v) is 6.91. The van der Waals surface area contributed by atoms with E-state index >= 15 is 0 Å². The zero-order valence-corrected chi connectivity index (χ0v) is 16.7. The minimum atomic E-state index is -3.66. The quantitative estimate of drug-likeness (QED) is 0.713. The summed E-state index contributed by atoms with van der Waals surface area (Å²) in [6, 6.07) is 5.94. The highest BCUT2D eigenvalue weighted by Crippen LogP contribution is 2.25. The number of likely N-dealkylation sites (tertiary alicyclic amines) is 1. The fraction of sp³-hybridized carbons (Fsp3) is 0.556. The van der Waals surface area contributed by atoms with Crippen LogP contribution in [0.5, 0.6) is 0 Å². The number of hydrogen-bond acceptors (Lipinski definition) is 6. The Morgan fingerprint density at radius 2 is 1.81 bits per heavy atom. The molecule has 9 heteroatoms. The first-order valence-corrected chi connectivity index (χ1v) is 10.3. The summed E-state index contributed by atoms with van der Waals surface area (Å²) in [7, 11) is -2.45. The van der Waals surface area contributed by atoms with Crippen LogP contribution in [0.25, 0.3) is 0 Å². The van der Waals surface area contributed by atoms with E-state index in [-0.39, 0.29) is 42.3 Å². The second-order valence-electron chi connectivity index (χ2n) is 6.43. The molecule has 0 unspecified atom stereocenters. The first kappa shape index (κ1) is 21.3. The topological polar surface area (TPSA) is 104 Å². The van der Waals surface area contributed by atoms with Gasteiger partial charge in [-0.2, -0.15) is 4.31 Å². The summed E-state index contributed by atoms with van der Waals surface area (Å²) in [4.78, 5) is 26.0. The predicted octanol–water partition coefficient (Wildman–Crippen LogP) is 0.857. The van der Waals surface area contributed by atoms with E-state index in [1.165, 1.54) is 28.4 Å². The van der Waals surface area contributed by atoms with Gasteiger partial charge in [0.05, 0.1) is 12.0 Å². The number of sulfonamides is 1. The van der Waals surface area contributed by atoms with Crippen molar-refractivity contribution in [2.45, 2.75) is 37.2 Å². The van der Waals surface area contributed by atoms with Gasteiger partial charge in [-0.3, -0.25) is 4.79 Å². The maximum Gasteiger partial charge on any atom is 0.337 e. The van der Waals surface area contributed by atoms with Crippen molar-refractivity contribution in [3.05, 3.63) is 29.8 Å². The molecule has 27 heavy (non-hydrogen) atoms. The van der Waals surface area contributed by atoms with Gasteiger partial charge in [-0.25, -0.2) is 13.2 Å². The highest BCUT2D eigenvalue weighted by atomic mass is 32.2. The number of methoxy groups -OCH3 is 1. The van der Waals surface area contributed by atoms with Crippen LogP contribution in [0.4, 0.5) is 0 Å². The Kier molecular flexibility index (Phi) is 6.61. The maximum atomic E-state index is 12.8. The molecule has 0 radical (unpaired) electrons. The third-order valence-electron chi connectivity index (χ3n) is 4.87. The number of esters is 1. The molecule has 0 aliphatic carbocycles. The molecule has 1 aliphatic rings. The number of amides is 1. The fourth-order valence-electron chi connectivity index (χ4n) is 3.16. The maximum absolute atomic E-state index is 12.8. The third kappa shape index (κ3) is 4.31. The second kappa shape index (κ2) is 8.37. The van der Waals surface area contributed by atoms with Crippen LogP contribution in [-0.4, -0.2) is 73.5 Å². The van der Waals surface area contributed by atoms with Gasteiger partial charge in [0, 0.05) is 44.6 Å². The number of hydrogen-bond donors (Lipinski definition) is 1. The Labute approximate surface area is 159 Å². The van der Waals surface area contributed by atoms with Crippen molar-refractivity contribution in [2.24, 2.45) is 0 Å². The number of rotatable bonds is 6. The summed E-state index contributed by atoms with van der Waals surface area (Å²) < 4.78 is 31.2. The molecule has 0 aromatic heterocycles. The standard InChI is InChI=1S/C18H26N2O6S/c1-4-20(5-2)27(24,25)15-8-6-7-14(13-15)16(21)19-11-9-18(23,10-12-19)17(22)26-3/h6-8,13,23H,4-5,9-12H2,1-3H3. The summed E-state index contributed by atoms with van der Waals surface area (Å²) in [5, 5.41) is 10.3. The molecule has 1 aromatic carbocycles.